The summed E-state index contributed by atoms with van der Waals surface area (Å²) in [5.74, 6) is 1.09. The predicted octanol–water partition coefficient (Wildman–Crippen LogP) is 1.82. The zero-order chi connectivity index (χ0) is 17.5. The summed E-state index contributed by atoms with van der Waals surface area (Å²) in [5.41, 5.74) is 1.43. The number of furan rings is 1. The molecule has 0 aliphatic rings. The number of carbonyl (C=O) groups is 1. The summed E-state index contributed by atoms with van der Waals surface area (Å²) in [4.78, 5) is 12.4. The van der Waals surface area contributed by atoms with E-state index in [1.807, 2.05) is 6.92 Å². The first kappa shape index (κ1) is 16.2. The van der Waals surface area contributed by atoms with Gasteiger partial charge in [0.2, 0.25) is 0 Å². The number of aryl methyl sites for hydroxylation is 3. The minimum absolute atomic E-state index is 0.0736. The molecule has 7 heteroatoms. The summed E-state index contributed by atoms with van der Waals surface area (Å²) >= 11 is 0. The number of nitrogens with zero attached hydrogens (tertiary/aromatic N) is 3. The molecule has 1 amide bonds. The molecular formula is C17H20N4O3. The van der Waals surface area contributed by atoms with E-state index in [9.17, 15) is 9.90 Å². The SMILES string of the molecule is Cc1cc(C(C)(O)CNC(=O)c2ccc3c(c2)nnn3C)c(C)o1. The maximum atomic E-state index is 12.4. The van der Waals surface area contributed by atoms with E-state index < -0.39 is 5.60 Å². The van der Waals surface area contributed by atoms with E-state index in [4.69, 9.17) is 4.42 Å². The number of fused-ring (bicyclic) bond motifs is 1. The summed E-state index contributed by atoms with van der Waals surface area (Å²) in [7, 11) is 1.79. The number of hydrogen-bond donors (Lipinski definition) is 2. The average molecular weight is 328 g/mol. The molecule has 0 saturated carbocycles. The van der Waals surface area contributed by atoms with Crippen molar-refractivity contribution in [3.8, 4) is 0 Å². The molecule has 3 aromatic rings. The van der Waals surface area contributed by atoms with Gasteiger partial charge in [-0.3, -0.25) is 4.79 Å². The molecule has 1 unspecified atom stereocenters. The van der Waals surface area contributed by atoms with Crippen molar-refractivity contribution in [2.75, 3.05) is 6.54 Å². The Morgan fingerprint density at radius 3 is 2.79 bits per heavy atom. The maximum Gasteiger partial charge on any atom is 0.251 e. The molecule has 0 aliphatic heterocycles. The van der Waals surface area contributed by atoms with Crippen molar-refractivity contribution >= 4 is 16.9 Å². The van der Waals surface area contributed by atoms with Gasteiger partial charge in [-0.1, -0.05) is 5.21 Å². The van der Waals surface area contributed by atoms with Crippen molar-refractivity contribution in [2.45, 2.75) is 26.4 Å². The van der Waals surface area contributed by atoms with Crippen LogP contribution in [0.1, 0.15) is 34.4 Å². The third-order valence-electron chi connectivity index (χ3n) is 4.09. The van der Waals surface area contributed by atoms with Gasteiger partial charge in [0.25, 0.3) is 5.91 Å². The van der Waals surface area contributed by atoms with Gasteiger partial charge in [0.05, 0.1) is 12.1 Å². The Labute approximate surface area is 139 Å². The number of amides is 1. The molecule has 0 saturated heterocycles. The van der Waals surface area contributed by atoms with Crippen molar-refractivity contribution in [3.63, 3.8) is 0 Å². The van der Waals surface area contributed by atoms with E-state index in [-0.39, 0.29) is 12.5 Å². The monoisotopic (exact) mass is 328 g/mol. The Morgan fingerprint density at radius 1 is 1.38 bits per heavy atom. The number of hydrogen-bond acceptors (Lipinski definition) is 5. The molecule has 1 aromatic carbocycles. The lowest BCUT2D eigenvalue weighted by Gasteiger charge is -2.23. The van der Waals surface area contributed by atoms with Gasteiger partial charge in [0.15, 0.2) is 0 Å². The van der Waals surface area contributed by atoms with Crippen LogP contribution < -0.4 is 5.32 Å². The van der Waals surface area contributed by atoms with Crippen molar-refractivity contribution < 1.29 is 14.3 Å². The van der Waals surface area contributed by atoms with Crippen molar-refractivity contribution in [2.24, 2.45) is 7.05 Å². The zero-order valence-electron chi connectivity index (χ0n) is 14.1. The highest BCUT2D eigenvalue weighted by Gasteiger charge is 2.28. The quantitative estimate of drug-likeness (QED) is 0.762. The highest BCUT2D eigenvalue weighted by molar-refractivity contribution is 5.97. The molecule has 126 valence electrons. The predicted molar refractivity (Wildman–Crippen MR) is 88.6 cm³/mol. The molecule has 0 bridgehead atoms. The van der Waals surface area contributed by atoms with Crippen LogP contribution in [0.5, 0.6) is 0 Å². The van der Waals surface area contributed by atoms with Crippen LogP contribution in [0.4, 0.5) is 0 Å². The molecule has 2 aromatic heterocycles. The van der Waals surface area contributed by atoms with Gasteiger partial charge in [0, 0.05) is 18.2 Å². The number of aromatic nitrogens is 3. The number of nitrogens with one attached hydrogen (secondary N) is 1. The lowest BCUT2D eigenvalue weighted by atomic mass is 9.96. The smallest absolute Gasteiger partial charge is 0.251 e. The van der Waals surface area contributed by atoms with E-state index in [0.717, 1.165) is 11.3 Å². The van der Waals surface area contributed by atoms with Crippen LogP contribution in [0.3, 0.4) is 0 Å². The first-order valence-corrected chi connectivity index (χ1v) is 7.65. The van der Waals surface area contributed by atoms with Crippen molar-refractivity contribution in [3.05, 3.63) is 46.9 Å². The Kier molecular flexibility index (Phi) is 3.88. The Morgan fingerprint density at radius 2 is 2.12 bits per heavy atom. The van der Waals surface area contributed by atoms with Gasteiger partial charge in [-0.2, -0.15) is 0 Å². The third-order valence-corrected chi connectivity index (χ3v) is 4.09. The first-order valence-electron chi connectivity index (χ1n) is 7.65. The number of benzene rings is 1. The van der Waals surface area contributed by atoms with E-state index in [1.165, 1.54) is 0 Å². The summed E-state index contributed by atoms with van der Waals surface area (Å²) in [6.45, 7) is 5.34. The molecule has 3 rings (SSSR count). The van der Waals surface area contributed by atoms with Crippen LogP contribution in [0.2, 0.25) is 0 Å². The third kappa shape index (κ3) is 2.90. The molecule has 0 radical (unpaired) electrons. The normalized spacial score (nSPS) is 13.9. The fourth-order valence-corrected chi connectivity index (χ4v) is 2.80. The maximum absolute atomic E-state index is 12.4. The molecular weight excluding hydrogens is 308 g/mol. The van der Waals surface area contributed by atoms with Gasteiger partial charge in [-0.15, -0.1) is 5.10 Å². The Bertz CT molecular complexity index is 908. The van der Waals surface area contributed by atoms with E-state index >= 15 is 0 Å². The second-order valence-electron chi connectivity index (χ2n) is 6.20. The number of rotatable bonds is 4. The Hall–Kier alpha value is -2.67. The molecule has 0 aliphatic carbocycles. The number of aliphatic hydroxyl groups is 1. The molecule has 2 N–H and O–H groups in total. The van der Waals surface area contributed by atoms with Crippen LogP contribution in [0, 0.1) is 13.8 Å². The summed E-state index contributed by atoms with van der Waals surface area (Å²) < 4.78 is 7.10. The molecule has 0 spiro atoms. The van der Waals surface area contributed by atoms with Crippen molar-refractivity contribution in [1.29, 1.82) is 0 Å². The van der Waals surface area contributed by atoms with Gasteiger partial charge in [-0.25, -0.2) is 4.68 Å². The second-order valence-corrected chi connectivity index (χ2v) is 6.20. The first-order chi connectivity index (χ1) is 11.3. The van der Waals surface area contributed by atoms with Gasteiger partial charge >= 0.3 is 0 Å². The fourth-order valence-electron chi connectivity index (χ4n) is 2.80. The average Bonchev–Trinajstić information content (AvgIpc) is 3.07. The highest BCUT2D eigenvalue weighted by atomic mass is 16.3. The van der Waals surface area contributed by atoms with Crippen LogP contribution in [-0.2, 0) is 12.6 Å². The Balaban J connectivity index is 1.75. The largest absolute Gasteiger partial charge is 0.466 e. The molecule has 24 heavy (non-hydrogen) atoms. The zero-order valence-corrected chi connectivity index (χ0v) is 14.1. The lowest BCUT2D eigenvalue weighted by molar-refractivity contribution is 0.0514. The highest BCUT2D eigenvalue weighted by Crippen LogP contribution is 2.26. The van der Waals surface area contributed by atoms with Crippen LogP contribution in [0.25, 0.3) is 11.0 Å². The van der Waals surface area contributed by atoms with Gasteiger partial charge in [0.1, 0.15) is 22.6 Å². The summed E-state index contributed by atoms with van der Waals surface area (Å²) in [5, 5.41) is 21.3. The van der Waals surface area contributed by atoms with E-state index in [1.54, 1.807) is 49.8 Å². The number of carbonyl (C=O) groups excluding carboxylic acids is 1. The topological polar surface area (TPSA) is 93.2 Å². The minimum atomic E-state index is -1.21. The summed E-state index contributed by atoms with van der Waals surface area (Å²) in [6.07, 6.45) is 0. The lowest BCUT2D eigenvalue weighted by Crippen LogP contribution is -2.38. The standard InChI is InChI=1S/C17H20N4O3/c1-10-7-13(11(2)24-10)17(3,23)9-18-16(22)12-5-6-15-14(8-12)19-20-21(15)4/h5-8,23H,9H2,1-4H3,(H,18,22). The van der Waals surface area contributed by atoms with Crippen molar-refractivity contribution in [1.82, 2.24) is 20.3 Å². The van der Waals surface area contributed by atoms with Crippen LogP contribution in [-0.4, -0.2) is 32.6 Å². The van der Waals surface area contributed by atoms with Gasteiger partial charge < -0.3 is 14.8 Å². The molecule has 0 fully saturated rings. The van der Waals surface area contributed by atoms with E-state index in [0.29, 0.717) is 22.4 Å². The molecule has 7 nitrogen and oxygen atoms in total. The molecule has 2 heterocycles. The van der Waals surface area contributed by atoms with Crippen LogP contribution >= 0.6 is 0 Å². The van der Waals surface area contributed by atoms with Crippen LogP contribution in [0.15, 0.2) is 28.7 Å². The van der Waals surface area contributed by atoms with E-state index in [2.05, 4.69) is 15.6 Å². The molecule has 1 atom stereocenters. The fraction of sp³-hybridized carbons (Fsp3) is 0.353. The van der Waals surface area contributed by atoms with Gasteiger partial charge in [-0.05, 0) is 45.0 Å². The second kappa shape index (κ2) is 5.76. The minimum Gasteiger partial charge on any atom is -0.466 e. The summed E-state index contributed by atoms with van der Waals surface area (Å²) in [6, 6.07) is 6.97.